The number of carbonyl (C=O) groups excluding carboxylic acids is 2. The van der Waals surface area contributed by atoms with Crippen molar-refractivity contribution in [3.63, 3.8) is 0 Å². The largest absolute Gasteiger partial charge is 0.497 e. The van der Waals surface area contributed by atoms with Crippen molar-refractivity contribution in [3.8, 4) is 17.1 Å². The summed E-state index contributed by atoms with van der Waals surface area (Å²) < 4.78 is 15.7. The van der Waals surface area contributed by atoms with Crippen molar-refractivity contribution in [2.75, 3.05) is 7.11 Å². The van der Waals surface area contributed by atoms with Gasteiger partial charge in [-0.15, -0.1) is 0 Å². The topological polar surface area (TPSA) is 104 Å². The number of hydrogen-bond donors (Lipinski definition) is 1. The molecule has 156 valence electrons. The van der Waals surface area contributed by atoms with Crippen molar-refractivity contribution in [3.05, 3.63) is 66.1 Å². The van der Waals surface area contributed by atoms with Gasteiger partial charge in [-0.3, -0.25) is 4.79 Å². The molecule has 1 aromatic heterocycles. The molecule has 0 unspecified atom stereocenters. The van der Waals surface area contributed by atoms with Gasteiger partial charge in [0.1, 0.15) is 11.8 Å². The summed E-state index contributed by atoms with van der Waals surface area (Å²) in [7, 11) is 1.57. The Balaban J connectivity index is 1.62. The van der Waals surface area contributed by atoms with Gasteiger partial charge in [0.25, 0.3) is 11.8 Å². The SMILES string of the molecule is COc1cccc(-c2noc(COC(=O)[C@@H](NC(=O)c3ccccc3)C(C)C)n2)c1. The molecule has 0 fully saturated rings. The number of rotatable bonds is 8. The van der Waals surface area contributed by atoms with Gasteiger partial charge in [0.05, 0.1) is 7.11 Å². The van der Waals surface area contributed by atoms with Crippen LogP contribution >= 0.6 is 0 Å². The molecule has 1 amide bonds. The van der Waals surface area contributed by atoms with Crippen LogP contribution in [0.1, 0.15) is 30.1 Å². The highest BCUT2D eigenvalue weighted by Crippen LogP contribution is 2.21. The summed E-state index contributed by atoms with van der Waals surface area (Å²) in [5, 5.41) is 6.62. The molecule has 1 heterocycles. The lowest BCUT2D eigenvalue weighted by Crippen LogP contribution is -2.45. The first-order chi connectivity index (χ1) is 14.5. The minimum absolute atomic E-state index is 0.151. The van der Waals surface area contributed by atoms with Crippen molar-refractivity contribution in [1.29, 1.82) is 0 Å². The zero-order chi connectivity index (χ0) is 21.5. The van der Waals surface area contributed by atoms with Crippen LogP contribution in [-0.2, 0) is 16.1 Å². The maximum atomic E-state index is 12.5. The van der Waals surface area contributed by atoms with E-state index in [2.05, 4.69) is 15.5 Å². The first-order valence-corrected chi connectivity index (χ1v) is 9.47. The minimum atomic E-state index is -0.807. The Kier molecular flexibility index (Phi) is 6.79. The Bertz CT molecular complexity index is 1000. The van der Waals surface area contributed by atoms with Crippen LogP contribution in [0.5, 0.6) is 5.75 Å². The van der Waals surface area contributed by atoms with Crippen molar-refractivity contribution in [2.24, 2.45) is 5.92 Å². The molecule has 0 spiro atoms. The number of ether oxygens (including phenoxy) is 2. The number of hydrogen-bond acceptors (Lipinski definition) is 7. The van der Waals surface area contributed by atoms with Crippen molar-refractivity contribution < 1.29 is 23.6 Å². The Labute approximate surface area is 174 Å². The lowest BCUT2D eigenvalue weighted by molar-refractivity contribution is -0.149. The third-order valence-corrected chi connectivity index (χ3v) is 4.38. The molecule has 0 aliphatic heterocycles. The van der Waals surface area contributed by atoms with Crippen LogP contribution in [0.25, 0.3) is 11.4 Å². The van der Waals surface area contributed by atoms with Crippen molar-refractivity contribution >= 4 is 11.9 Å². The van der Waals surface area contributed by atoms with Gasteiger partial charge in [0.2, 0.25) is 5.82 Å². The van der Waals surface area contributed by atoms with Crippen LogP contribution in [0, 0.1) is 5.92 Å². The van der Waals surface area contributed by atoms with E-state index in [1.165, 1.54) is 0 Å². The van der Waals surface area contributed by atoms with E-state index in [9.17, 15) is 9.59 Å². The summed E-state index contributed by atoms with van der Waals surface area (Å²) in [6, 6.07) is 15.1. The normalized spacial score (nSPS) is 11.7. The predicted octanol–water partition coefficient (Wildman–Crippen LogP) is 3.24. The Hall–Kier alpha value is -3.68. The van der Waals surface area contributed by atoms with Gasteiger partial charge in [0, 0.05) is 11.1 Å². The number of esters is 1. The summed E-state index contributed by atoms with van der Waals surface area (Å²) in [5.74, 6) is 0.0926. The minimum Gasteiger partial charge on any atom is -0.497 e. The molecule has 30 heavy (non-hydrogen) atoms. The van der Waals surface area contributed by atoms with Gasteiger partial charge in [-0.2, -0.15) is 4.98 Å². The lowest BCUT2D eigenvalue weighted by atomic mass is 10.0. The van der Waals surface area contributed by atoms with Crippen molar-refractivity contribution in [2.45, 2.75) is 26.5 Å². The van der Waals surface area contributed by atoms with Crippen LogP contribution in [0.15, 0.2) is 59.1 Å². The van der Waals surface area contributed by atoms with Gasteiger partial charge >= 0.3 is 5.97 Å². The molecule has 8 nitrogen and oxygen atoms in total. The van der Waals surface area contributed by atoms with E-state index in [0.29, 0.717) is 22.7 Å². The molecule has 0 aliphatic rings. The third kappa shape index (κ3) is 5.22. The summed E-state index contributed by atoms with van der Waals surface area (Å²) in [6.45, 7) is 3.45. The third-order valence-electron chi connectivity index (χ3n) is 4.38. The van der Waals surface area contributed by atoms with E-state index in [-0.39, 0.29) is 24.3 Å². The maximum Gasteiger partial charge on any atom is 0.329 e. The first-order valence-electron chi connectivity index (χ1n) is 9.47. The summed E-state index contributed by atoms with van der Waals surface area (Å²) in [5.41, 5.74) is 1.18. The second-order valence-corrected chi connectivity index (χ2v) is 6.91. The van der Waals surface area contributed by atoms with E-state index in [0.717, 1.165) is 0 Å². The molecule has 3 rings (SSSR count). The average molecular weight is 409 g/mol. The highest BCUT2D eigenvalue weighted by Gasteiger charge is 2.26. The molecule has 0 saturated carbocycles. The second-order valence-electron chi connectivity index (χ2n) is 6.91. The molecule has 0 aliphatic carbocycles. The summed E-state index contributed by atoms with van der Waals surface area (Å²) in [6.07, 6.45) is 0. The summed E-state index contributed by atoms with van der Waals surface area (Å²) in [4.78, 5) is 29.2. The highest BCUT2D eigenvalue weighted by molar-refractivity contribution is 5.96. The van der Waals surface area contributed by atoms with E-state index in [1.54, 1.807) is 37.4 Å². The predicted molar refractivity (Wildman–Crippen MR) is 109 cm³/mol. The number of amides is 1. The number of benzene rings is 2. The molecule has 2 aromatic carbocycles. The molecule has 8 heteroatoms. The molecular formula is C22H23N3O5. The smallest absolute Gasteiger partial charge is 0.329 e. The average Bonchev–Trinajstić information content (AvgIpc) is 3.25. The zero-order valence-corrected chi connectivity index (χ0v) is 17.0. The van der Waals surface area contributed by atoms with Gasteiger partial charge < -0.3 is 19.3 Å². The number of nitrogens with one attached hydrogen (secondary N) is 1. The van der Waals surface area contributed by atoms with Gasteiger partial charge in [0.15, 0.2) is 6.61 Å². The van der Waals surface area contributed by atoms with Gasteiger partial charge in [-0.25, -0.2) is 4.79 Å². The number of methoxy groups -OCH3 is 1. The molecule has 0 bridgehead atoms. The fraction of sp³-hybridized carbons (Fsp3) is 0.273. The molecule has 1 N–H and O–H groups in total. The van der Waals surface area contributed by atoms with Crippen LogP contribution in [-0.4, -0.2) is 35.2 Å². The number of nitrogens with zero attached hydrogens (tertiary/aromatic N) is 2. The first kappa shape index (κ1) is 21.0. The van der Waals surface area contributed by atoms with E-state index >= 15 is 0 Å². The highest BCUT2D eigenvalue weighted by atomic mass is 16.6. The lowest BCUT2D eigenvalue weighted by Gasteiger charge is -2.20. The van der Waals surface area contributed by atoms with Gasteiger partial charge in [-0.05, 0) is 30.2 Å². The Morgan fingerprint density at radius 1 is 1.10 bits per heavy atom. The van der Waals surface area contributed by atoms with Crippen LogP contribution < -0.4 is 10.1 Å². The fourth-order valence-electron chi connectivity index (χ4n) is 2.73. The van der Waals surface area contributed by atoms with E-state index in [1.807, 2.05) is 38.1 Å². The van der Waals surface area contributed by atoms with Crippen LogP contribution in [0.2, 0.25) is 0 Å². The molecule has 0 saturated heterocycles. The van der Waals surface area contributed by atoms with E-state index in [4.69, 9.17) is 14.0 Å². The monoisotopic (exact) mass is 409 g/mol. The van der Waals surface area contributed by atoms with Crippen molar-refractivity contribution in [1.82, 2.24) is 15.5 Å². The zero-order valence-electron chi connectivity index (χ0n) is 17.0. The molecular weight excluding hydrogens is 386 g/mol. The molecule has 3 aromatic rings. The molecule has 1 atom stereocenters. The Morgan fingerprint density at radius 2 is 1.87 bits per heavy atom. The standard InChI is InChI=1S/C22H23N3O5/c1-14(2)19(24-21(26)15-8-5-4-6-9-15)22(27)29-13-18-23-20(25-30-18)16-10-7-11-17(12-16)28-3/h4-12,14,19H,13H2,1-3H3,(H,24,26)/t19-/m0/s1. The number of carbonyl (C=O) groups is 2. The molecule has 0 radical (unpaired) electrons. The summed E-state index contributed by atoms with van der Waals surface area (Å²) >= 11 is 0. The van der Waals surface area contributed by atoms with Crippen LogP contribution in [0.4, 0.5) is 0 Å². The maximum absolute atomic E-state index is 12.5. The number of aromatic nitrogens is 2. The van der Waals surface area contributed by atoms with E-state index < -0.39 is 12.0 Å². The fourth-order valence-corrected chi connectivity index (χ4v) is 2.73. The Morgan fingerprint density at radius 3 is 2.57 bits per heavy atom. The quantitative estimate of drug-likeness (QED) is 0.570. The second kappa shape index (κ2) is 9.69. The van der Waals surface area contributed by atoms with Crippen LogP contribution in [0.3, 0.4) is 0 Å². The van der Waals surface area contributed by atoms with Gasteiger partial charge in [-0.1, -0.05) is 49.3 Å².